The Morgan fingerprint density at radius 1 is 0.656 bits per heavy atom. The Kier molecular flexibility index (Phi) is 11.0. The van der Waals surface area contributed by atoms with E-state index >= 15 is 0 Å². The lowest BCUT2D eigenvalue weighted by molar-refractivity contribution is -0.107. The summed E-state index contributed by atoms with van der Waals surface area (Å²) in [4.78, 5) is 24.1. The Morgan fingerprint density at radius 3 is 1.47 bits per heavy atom. The standard InChI is InChI=1S/C15H14O2.C12H16O3/c1-17-15(13-10-6-3-7-11-13)14(16)12-8-4-2-5-9-12;1-3-14-12(15-4-2)11(13)10-8-6-5-7-9-10/h2-11,15H,1H3;5-9,12H,3-4H2,1-2H3. The fourth-order valence-electron chi connectivity index (χ4n) is 3.02. The first-order chi connectivity index (χ1) is 15.6. The minimum Gasteiger partial charge on any atom is -0.369 e. The van der Waals surface area contributed by atoms with Crippen LogP contribution >= 0.6 is 0 Å². The van der Waals surface area contributed by atoms with Crippen LogP contribution in [0.1, 0.15) is 46.2 Å². The molecule has 1 unspecified atom stereocenters. The maximum Gasteiger partial charge on any atom is 0.222 e. The molecule has 1 atom stereocenters. The predicted octanol–water partition coefficient (Wildman–Crippen LogP) is 5.53. The van der Waals surface area contributed by atoms with Crippen molar-refractivity contribution in [2.24, 2.45) is 0 Å². The van der Waals surface area contributed by atoms with Gasteiger partial charge in [0.05, 0.1) is 0 Å². The molecule has 168 valence electrons. The van der Waals surface area contributed by atoms with E-state index in [-0.39, 0.29) is 11.6 Å². The highest BCUT2D eigenvalue weighted by Crippen LogP contribution is 2.21. The smallest absolute Gasteiger partial charge is 0.222 e. The summed E-state index contributed by atoms with van der Waals surface area (Å²) < 4.78 is 15.8. The van der Waals surface area contributed by atoms with Gasteiger partial charge in [0, 0.05) is 31.5 Å². The average molecular weight is 435 g/mol. The number of carbonyl (C=O) groups is 2. The molecule has 0 radical (unpaired) electrons. The lowest BCUT2D eigenvalue weighted by Gasteiger charge is -2.15. The van der Waals surface area contributed by atoms with Gasteiger partial charge in [-0.05, 0) is 19.4 Å². The van der Waals surface area contributed by atoms with E-state index in [1.807, 2.05) is 80.6 Å². The summed E-state index contributed by atoms with van der Waals surface area (Å²) in [6.45, 7) is 4.60. The third-order valence-electron chi connectivity index (χ3n) is 4.54. The first-order valence-corrected chi connectivity index (χ1v) is 10.6. The third-order valence-corrected chi connectivity index (χ3v) is 4.54. The van der Waals surface area contributed by atoms with Crippen molar-refractivity contribution in [2.45, 2.75) is 26.2 Å². The highest BCUT2D eigenvalue weighted by molar-refractivity contribution is 6.00. The van der Waals surface area contributed by atoms with Crippen LogP contribution in [0.4, 0.5) is 0 Å². The van der Waals surface area contributed by atoms with E-state index in [9.17, 15) is 9.59 Å². The second-order valence-electron chi connectivity index (χ2n) is 6.73. The fourth-order valence-corrected chi connectivity index (χ4v) is 3.02. The van der Waals surface area contributed by atoms with E-state index in [0.717, 1.165) is 5.56 Å². The van der Waals surface area contributed by atoms with E-state index in [4.69, 9.17) is 14.2 Å². The van der Waals surface area contributed by atoms with Crippen molar-refractivity contribution in [1.82, 2.24) is 0 Å². The maximum atomic E-state index is 12.3. The number of benzene rings is 3. The van der Waals surface area contributed by atoms with Gasteiger partial charge in [-0.3, -0.25) is 9.59 Å². The highest BCUT2D eigenvalue weighted by Gasteiger charge is 2.21. The fraction of sp³-hybridized carbons (Fsp3) is 0.259. The van der Waals surface area contributed by atoms with Crippen LogP contribution in [-0.2, 0) is 14.2 Å². The summed E-state index contributed by atoms with van der Waals surface area (Å²) in [7, 11) is 1.55. The minimum atomic E-state index is -0.776. The molecule has 3 aromatic rings. The van der Waals surface area contributed by atoms with Crippen LogP contribution in [0.15, 0.2) is 91.0 Å². The van der Waals surface area contributed by atoms with Crippen LogP contribution in [0.5, 0.6) is 0 Å². The number of Topliss-reactive ketones (excluding diaryl/α,β-unsaturated/α-hetero) is 2. The number of rotatable bonds is 10. The first-order valence-electron chi connectivity index (χ1n) is 10.6. The molecule has 3 rings (SSSR count). The Balaban J connectivity index is 0.000000229. The summed E-state index contributed by atoms with van der Waals surface area (Å²) >= 11 is 0. The zero-order chi connectivity index (χ0) is 23.2. The molecule has 0 saturated carbocycles. The van der Waals surface area contributed by atoms with Crippen molar-refractivity contribution in [3.8, 4) is 0 Å². The molecule has 0 bridgehead atoms. The molecule has 0 aliphatic carbocycles. The number of methoxy groups -OCH3 is 1. The molecule has 0 saturated heterocycles. The monoisotopic (exact) mass is 434 g/mol. The predicted molar refractivity (Wildman–Crippen MR) is 125 cm³/mol. The lowest BCUT2D eigenvalue weighted by Crippen LogP contribution is -2.27. The molecule has 0 fully saturated rings. The molecule has 5 heteroatoms. The van der Waals surface area contributed by atoms with Gasteiger partial charge in [-0.15, -0.1) is 0 Å². The van der Waals surface area contributed by atoms with Crippen molar-refractivity contribution in [3.63, 3.8) is 0 Å². The van der Waals surface area contributed by atoms with Crippen molar-refractivity contribution in [3.05, 3.63) is 108 Å². The number of hydrogen-bond acceptors (Lipinski definition) is 5. The first kappa shape index (κ1) is 25.1. The molecule has 0 aliphatic rings. The average Bonchev–Trinajstić information content (AvgIpc) is 2.86. The number of ketones is 2. The Bertz CT molecular complexity index is 920. The molecular formula is C27H30O5. The van der Waals surface area contributed by atoms with E-state index in [0.29, 0.717) is 24.3 Å². The Labute approximate surface area is 189 Å². The van der Waals surface area contributed by atoms with Crippen molar-refractivity contribution in [1.29, 1.82) is 0 Å². The normalized spacial score (nSPS) is 11.4. The summed E-state index contributed by atoms with van der Waals surface area (Å²) in [6, 6.07) is 27.7. The molecule has 32 heavy (non-hydrogen) atoms. The van der Waals surface area contributed by atoms with Crippen LogP contribution in [0.3, 0.4) is 0 Å². The van der Waals surface area contributed by atoms with Crippen LogP contribution < -0.4 is 0 Å². The highest BCUT2D eigenvalue weighted by atomic mass is 16.7. The largest absolute Gasteiger partial charge is 0.369 e. The zero-order valence-electron chi connectivity index (χ0n) is 18.8. The molecule has 0 aliphatic heterocycles. The summed E-state index contributed by atoms with van der Waals surface area (Å²) in [5.74, 6) is -0.140. The summed E-state index contributed by atoms with van der Waals surface area (Å²) in [6.07, 6.45) is -1.30. The van der Waals surface area contributed by atoms with Gasteiger partial charge in [0.15, 0.2) is 5.78 Å². The maximum absolute atomic E-state index is 12.3. The quantitative estimate of drug-likeness (QED) is 0.310. The van der Waals surface area contributed by atoms with Gasteiger partial charge < -0.3 is 14.2 Å². The van der Waals surface area contributed by atoms with Gasteiger partial charge in [-0.25, -0.2) is 0 Å². The van der Waals surface area contributed by atoms with Crippen LogP contribution in [0.25, 0.3) is 0 Å². The molecule has 5 nitrogen and oxygen atoms in total. The van der Waals surface area contributed by atoms with Gasteiger partial charge in [0.1, 0.15) is 6.10 Å². The van der Waals surface area contributed by atoms with E-state index < -0.39 is 12.4 Å². The van der Waals surface area contributed by atoms with Gasteiger partial charge in [-0.2, -0.15) is 0 Å². The minimum absolute atomic E-state index is 0.0145. The molecule has 0 spiro atoms. The van der Waals surface area contributed by atoms with Gasteiger partial charge in [0.2, 0.25) is 12.1 Å². The van der Waals surface area contributed by atoms with Crippen LogP contribution in [0.2, 0.25) is 0 Å². The van der Waals surface area contributed by atoms with Gasteiger partial charge in [0.25, 0.3) is 0 Å². The second-order valence-corrected chi connectivity index (χ2v) is 6.73. The second kappa shape index (κ2) is 14.0. The number of hydrogen-bond donors (Lipinski definition) is 0. The van der Waals surface area contributed by atoms with E-state index in [1.54, 1.807) is 31.4 Å². The summed E-state index contributed by atoms with van der Waals surface area (Å²) in [5, 5.41) is 0. The SMILES string of the molecule is CCOC(OCC)C(=O)c1ccccc1.COC(C(=O)c1ccccc1)c1ccccc1. The molecule has 0 N–H and O–H groups in total. The molecule has 0 amide bonds. The van der Waals surface area contributed by atoms with Gasteiger partial charge >= 0.3 is 0 Å². The molecule has 0 heterocycles. The number of carbonyl (C=O) groups excluding carboxylic acids is 2. The zero-order valence-corrected chi connectivity index (χ0v) is 18.8. The van der Waals surface area contributed by atoms with Crippen LogP contribution in [-0.4, -0.2) is 38.2 Å². The molecule has 3 aromatic carbocycles. The molecular weight excluding hydrogens is 404 g/mol. The lowest BCUT2D eigenvalue weighted by atomic mass is 10.00. The van der Waals surface area contributed by atoms with E-state index in [1.165, 1.54) is 0 Å². The Morgan fingerprint density at radius 2 is 1.06 bits per heavy atom. The molecule has 0 aromatic heterocycles. The van der Waals surface area contributed by atoms with Gasteiger partial charge in [-0.1, -0.05) is 91.0 Å². The van der Waals surface area contributed by atoms with Crippen molar-refractivity contribution < 1.29 is 23.8 Å². The third kappa shape index (κ3) is 7.54. The summed E-state index contributed by atoms with van der Waals surface area (Å²) in [5.41, 5.74) is 2.16. The van der Waals surface area contributed by atoms with Crippen LogP contribution in [0, 0.1) is 0 Å². The number of ether oxygens (including phenoxy) is 3. The van der Waals surface area contributed by atoms with Crippen molar-refractivity contribution in [2.75, 3.05) is 20.3 Å². The topological polar surface area (TPSA) is 61.8 Å². The Hall–Kier alpha value is -3.12. The van der Waals surface area contributed by atoms with E-state index in [2.05, 4.69) is 0 Å². The van der Waals surface area contributed by atoms with Crippen molar-refractivity contribution >= 4 is 11.6 Å².